The average Bonchev–Trinajstić information content (AvgIpc) is 2.23. The quantitative estimate of drug-likeness (QED) is 0.474. The molecule has 0 aliphatic rings. The van der Waals surface area contributed by atoms with E-state index in [0.29, 0.717) is 19.1 Å². The summed E-state index contributed by atoms with van der Waals surface area (Å²) in [5.41, 5.74) is 0. The van der Waals surface area contributed by atoms with Crippen molar-refractivity contribution in [2.45, 2.75) is 58.9 Å². The van der Waals surface area contributed by atoms with Gasteiger partial charge >= 0.3 is 5.97 Å². The number of hydrogen-bond donors (Lipinski definition) is 1. The summed E-state index contributed by atoms with van der Waals surface area (Å²) < 4.78 is 4.85. The van der Waals surface area contributed by atoms with Gasteiger partial charge < -0.3 is 10.1 Å². The molecule has 15 heavy (non-hydrogen) atoms. The Morgan fingerprint density at radius 3 is 2.60 bits per heavy atom. The highest BCUT2D eigenvalue weighted by molar-refractivity contribution is 5.69. The summed E-state index contributed by atoms with van der Waals surface area (Å²) in [6, 6.07) is 0.607. The molecule has 0 spiro atoms. The van der Waals surface area contributed by atoms with E-state index in [1.54, 1.807) is 0 Å². The second kappa shape index (κ2) is 9.97. The molecule has 0 heterocycles. The number of ether oxygens (including phenoxy) is 1. The van der Waals surface area contributed by atoms with Crippen LogP contribution in [0.5, 0.6) is 0 Å². The lowest BCUT2D eigenvalue weighted by Crippen LogP contribution is -2.25. The fraction of sp³-hybridized carbons (Fsp3) is 0.917. The summed E-state index contributed by atoms with van der Waals surface area (Å²) in [6.45, 7) is 7.76. The maximum absolute atomic E-state index is 11.0. The van der Waals surface area contributed by atoms with E-state index in [1.807, 2.05) is 6.92 Å². The van der Waals surface area contributed by atoms with Crippen molar-refractivity contribution in [2.75, 3.05) is 13.2 Å². The summed E-state index contributed by atoms with van der Waals surface area (Å²) in [6.07, 6.45) is 4.92. The fourth-order valence-electron chi connectivity index (χ4n) is 1.30. The molecule has 0 aromatic heterocycles. The van der Waals surface area contributed by atoms with Gasteiger partial charge in [-0.1, -0.05) is 13.3 Å². The van der Waals surface area contributed by atoms with Crippen molar-refractivity contribution in [3.8, 4) is 0 Å². The van der Waals surface area contributed by atoms with Gasteiger partial charge in [-0.05, 0) is 39.7 Å². The van der Waals surface area contributed by atoms with Gasteiger partial charge in [-0.15, -0.1) is 0 Å². The van der Waals surface area contributed by atoms with Gasteiger partial charge in [-0.2, -0.15) is 0 Å². The van der Waals surface area contributed by atoms with Crippen LogP contribution >= 0.6 is 0 Å². The number of esters is 1. The van der Waals surface area contributed by atoms with E-state index in [0.717, 1.165) is 25.8 Å². The maximum Gasteiger partial charge on any atom is 0.305 e. The van der Waals surface area contributed by atoms with Crippen molar-refractivity contribution in [3.05, 3.63) is 0 Å². The van der Waals surface area contributed by atoms with Gasteiger partial charge in [0.25, 0.3) is 0 Å². The van der Waals surface area contributed by atoms with E-state index in [4.69, 9.17) is 4.74 Å². The first-order valence-corrected chi connectivity index (χ1v) is 6.09. The molecule has 0 radical (unpaired) electrons. The van der Waals surface area contributed by atoms with Gasteiger partial charge in [-0.3, -0.25) is 4.79 Å². The smallest absolute Gasteiger partial charge is 0.305 e. The molecular weight excluding hydrogens is 190 g/mol. The zero-order valence-corrected chi connectivity index (χ0v) is 10.3. The van der Waals surface area contributed by atoms with Crippen LogP contribution < -0.4 is 5.32 Å². The Morgan fingerprint density at radius 1 is 1.27 bits per heavy atom. The zero-order valence-electron chi connectivity index (χ0n) is 10.3. The molecule has 1 N–H and O–H groups in total. The van der Waals surface area contributed by atoms with E-state index in [2.05, 4.69) is 19.2 Å². The summed E-state index contributed by atoms with van der Waals surface area (Å²) in [7, 11) is 0. The first-order chi connectivity index (χ1) is 7.20. The van der Waals surface area contributed by atoms with Gasteiger partial charge in [0, 0.05) is 12.5 Å². The van der Waals surface area contributed by atoms with Gasteiger partial charge in [0.2, 0.25) is 0 Å². The van der Waals surface area contributed by atoms with Crippen LogP contribution in [0, 0.1) is 0 Å². The van der Waals surface area contributed by atoms with E-state index >= 15 is 0 Å². The highest BCUT2D eigenvalue weighted by atomic mass is 16.5. The molecule has 0 amide bonds. The molecule has 1 unspecified atom stereocenters. The number of carbonyl (C=O) groups is 1. The van der Waals surface area contributed by atoms with Crippen molar-refractivity contribution in [1.29, 1.82) is 0 Å². The van der Waals surface area contributed by atoms with Crippen LogP contribution in [0.25, 0.3) is 0 Å². The highest BCUT2D eigenvalue weighted by Gasteiger charge is 2.01. The van der Waals surface area contributed by atoms with Crippen LogP contribution in [0.2, 0.25) is 0 Å². The molecule has 1 atom stereocenters. The first kappa shape index (κ1) is 14.4. The van der Waals surface area contributed by atoms with Gasteiger partial charge in [-0.25, -0.2) is 0 Å². The molecule has 0 bridgehead atoms. The minimum atomic E-state index is -0.0626. The van der Waals surface area contributed by atoms with Crippen molar-refractivity contribution in [1.82, 2.24) is 5.32 Å². The molecule has 0 aliphatic carbocycles. The highest BCUT2D eigenvalue weighted by Crippen LogP contribution is 2.01. The molecule has 90 valence electrons. The molecule has 0 fully saturated rings. The molecule has 0 aromatic rings. The molecule has 0 rings (SSSR count). The van der Waals surface area contributed by atoms with Gasteiger partial charge in [0.1, 0.15) is 0 Å². The maximum atomic E-state index is 11.0. The lowest BCUT2D eigenvalue weighted by molar-refractivity contribution is -0.143. The van der Waals surface area contributed by atoms with Gasteiger partial charge in [0.15, 0.2) is 0 Å². The average molecular weight is 215 g/mol. The van der Waals surface area contributed by atoms with E-state index in [-0.39, 0.29) is 5.97 Å². The van der Waals surface area contributed by atoms with Crippen molar-refractivity contribution >= 4 is 5.97 Å². The Bertz CT molecular complexity index is 160. The summed E-state index contributed by atoms with van der Waals surface area (Å²) in [5.74, 6) is -0.0626. The lowest BCUT2D eigenvalue weighted by Gasteiger charge is -2.10. The third-order valence-corrected chi connectivity index (χ3v) is 2.47. The normalized spacial score (nSPS) is 12.5. The number of carbonyl (C=O) groups excluding carboxylic acids is 1. The lowest BCUT2D eigenvalue weighted by atomic mass is 10.2. The van der Waals surface area contributed by atoms with Crippen LogP contribution in [0.3, 0.4) is 0 Å². The number of hydrogen-bond acceptors (Lipinski definition) is 3. The number of unbranched alkanes of at least 4 members (excludes halogenated alkanes) is 2. The largest absolute Gasteiger partial charge is 0.466 e. The predicted octanol–water partition coefficient (Wildman–Crippen LogP) is 2.50. The van der Waals surface area contributed by atoms with E-state index in [9.17, 15) is 4.79 Å². The molecule has 0 saturated heterocycles. The Labute approximate surface area is 93.6 Å². The summed E-state index contributed by atoms with van der Waals surface area (Å²) >= 11 is 0. The van der Waals surface area contributed by atoms with Crippen LogP contribution in [0.15, 0.2) is 0 Å². The van der Waals surface area contributed by atoms with Crippen LogP contribution in [-0.4, -0.2) is 25.2 Å². The van der Waals surface area contributed by atoms with Gasteiger partial charge in [0.05, 0.1) is 6.61 Å². The van der Waals surface area contributed by atoms with Crippen LogP contribution in [0.4, 0.5) is 0 Å². The molecule has 0 aliphatic heterocycles. The molecule has 0 aromatic carbocycles. The Balaban J connectivity index is 3.14. The van der Waals surface area contributed by atoms with Crippen LogP contribution in [-0.2, 0) is 9.53 Å². The fourth-order valence-corrected chi connectivity index (χ4v) is 1.30. The standard InChI is InChI=1S/C12H25NO2/c1-4-11(3)13-10-8-6-7-9-12(14)15-5-2/h11,13H,4-10H2,1-3H3. The number of rotatable bonds is 9. The Kier molecular flexibility index (Phi) is 9.59. The van der Waals surface area contributed by atoms with E-state index < -0.39 is 0 Å². The zero-order chi connectivity index (χ0) is 11.5. The minimum absolute atomic E-state index is 0.0626. The summed E-state index contributed by atoms with van der Waals surface area (Å²) in [5, 5.41) is 3.43. The summed E-state index contributed by atoms with van der Waals surface area (Å²) in [4.78, 5) is 11.0. The second-order valence-corrected chi connectivity index (χ2v) is 3.88. The van der Waals surface area contributed by atoms with E-state index in [1.165, 1.54) is 6.42 Å². The third kappa shape index (κ3) is 9.73. The molecular formula is C12H25NO2. The van der Waals surface area contributed by atoms with Crippen molar-refractivity contribution < 1.29 is 9.53 Å². The molecule has 3 nitrogen and oxygen atoms in total. The SMILES string of the molecule is CCOC(=O)CCCCCNC(C)CC. The molecule has 3 heteroatoms. The second-order valence-electron chi connectivity index (χ2n) is 3.88. The van der Waals surface area contributed by atoms with Crippen molar-refractivity contribution in [3.63, 3.8) is 0 Å². The Hall–Kier alpha value is -0.570. The third-order valence-electron chi connectivity index (χ3n) is 2.47. The topological polar surface area (TPSA) is 38.3 Å². The number of nitrogens with one attached hydrogen (secondary N) is 1. The Morgan fingerprint density at radius 2 is 2.00 bits per heavy atom. The van der Waals surface area contributed by atoms with Crippen molar-refractivity contribution in [2.24, 2.45) is 0 Å². The predicted molar refractivity (Wildman–Crippen MR) is 62.9 cm³/mol. The minimum Gasteiger partial charge on any atom is -0.466 e. The first-order valence-electron chi connectivity index (χ1n) is 6.09. The monoisotopic (exact) mass is 215 g/mol. The molecule has 0 saturated carbocycles. The van der Waals surface area contributed by atoms with Crippen LogP contribution in [0.1, 0.15) is 52.9 Å².